The highest BCUT2D eigenvalue weighted by Gasteiger charge is 2.34. The Bertz CT molecular complexity index is 871. The highest BCUT2D eigenvalue weighted by Crippen LogP contribution is 2.29. The van der Waals surface area contributed by atoms with E-state index in [2.05, 4.69) is 10.1 Å². The van der Waals surface area contributed by atoms with Crippen molar-refractivity contribution in [3.63, 3.8) is 0 Å². The van der Waals surface area contributed by atoms with Crippen LogP contribution in [-0.2, 0) is 11.3 Å². The molecular weight excluding hydrogens is 314 g/mol. The normalized spacial score (nSPS) is 17.2. The van der Waals surface area contributed by atoms with Crippen molar-refractivity contribution in [2.24, 2.45) is 0 Å². The second-order valence-corrected chi connectivity index (χ2v) is 6.48. The van der Waals surface area contributed by atoms with Gasteiger partial charge in [0.25, 0.3) is 0 Å². The monoisotopic (exact) mass is 333 g/mol. The number of amides is 1. The van der Waals surface area contributed by atoms with Gasteiger partial charge in [0.05, 0.1) is 5.92 Å². The van der Waals surface area contributed by atoms with Crippen molar-refractivity contribution in [3.05, 3.63) is 71.6 Å². The van der Waals surface area contributed by atoms with Gasteiger partial charge in [-0.2, -0.15) is 4.98 Å². The lowest BCUT2D eigenvalue weighted by atomic mass is 10.1. The minimum atomic E-state index is -0.0390. The molecule has 0 radical (unpaired) electrons. The van der Waals surface area contributed by atoms with Gasteiger partial charge < -0.3 is 9.42 Å². The summed E-state index contributed by atoms with van der Waals surface area (Å²) in [5.74, 6) is 1.20. The van der Waals surface area contributed by atoms with Crippen molar-refractivity contribution in [1.82, 2.24) is 15.0 Å². The van der Waals surface area contributed by atoms with Gasteiger partial charge >= 0.3 is 0 Å². The molecule has 1 atom stereocenters. The Kier molecular flexibility index (Phi) is 4.06. The first kappa shape index (κ1) is 15.6. The lowest BCUT2D eigenvalue weighted by Crippen LogP contribution is -2.24. The molecule has 5 nitrogen and oxygen atoms in total. The molecule has 3 aromatic rings. The predicted molar refractivity (Wildman–Crippen MR) is 93.7 cm³/mol. The molecule has 1 amide bonds. The van der Waals surface area contributed by atoms with E-state index in [1.807, 2.05) is 66.4 Å². The molecule has 1 unspecified atom stereocenters. The van der Waals surface area contributed by atoms with Crippen LogP contribution in [0.5, 0.6) is 0 Å². The van der Waals surface area contributed by atoms with Gasteiger partial charge in [-0.1, -0.05) is 65.3 Å². The van der Waals surface area contributed by atoms with E-state index in [0.29, 0.717) is 31.2 Å². The van der Waals surface area contributed by atoms with Crippen LogP contribution in [0.25, 0.3) is 11.4 Å². The third kappa shape index (κ3) is 3.31. The van der Waals surface area contributed by atoms with E-state index in [9.17, 15) is 4.79 Å². The Balaban J connectivity index is 1.48. The highest BCUT2D eigenvalue weighted by molar-refractivity contribution is 5.79. The van der Waals surface area contributed by atoms with Gasteiger partial charge in [0, 0.05) is 25.1 Å². The Morgan fingerprint density at radius 1 is 1.12 bits per heavy atom. The van der Waals surface area contributed by atoms with E-state index in [1.54, 1.807) is 0 Å². The molecule has 1 saturated heterocycles. The largest absolute Gasteiger partial charge is 0.339 e. The van der Waals surface area contributed by atoms with Crippen molar-refractivity contribution in [2.75, 3.05) is 6.54 Å². The maximum Gasteiger partial charge on any atom is 0.232 e. The quantitative estimate of drug-likeness (QED) is 0.732. The maximum atomic E-state index is 12.3. The number of aromatic nitrogens is 2. The molecule has 0 saturated carbocycles. The molecule has 0 aliphatic carbocycles. The first-order chi connectivity index (χ1) is 12.2. The fourth-order valence-corrected chi connectivity index (χ4v) is 3.12. The Hall–Kier alpha value is -2.95. The second kappa shape index (κ2) is 6.51. The van der Waals surface area contributed by atoms with Gasteiger partial charge in [0.1, 0.15) is 0 Å². The van der Waals surface area contributed by atoms with Gasteiger partial charge in [-0.25, -0.2) is 0 Å². The number of carbonyl (C=O) groups excluding carboxylic acids is 1. The fraction of sp³-hybridized carbons (Fsp3) is 0.250. The molecule has 1 aliphatic rings. The third-order valence-corrected chi connectivity index (χ3v) is 4.53. The van der Waals surface area contributed by atoms with Gasteiger partial charge in [0.2, 0.25) is 17.6 Å². The van der Waals surface area contributed by atoms with Gasteiger partial charge in [0.15, 0.2) is 0 Å². The molecule has 0 spiro atoms. The summed E-state index contributed by atoms with van der Waals surface area (Å²) in [5, 5.41) is 4.08. The first-order valence-electron chi connectivity index (χ1n) is 8.41. The van der Waals surface area contributed by atoms with E-state index in [4.69, 9.17) is 4.52 Å². The van der Waals surface area contributed by atoms with Crippen LogP contribution < -0.4 is 0 Å². The Labute approximate surface area is 146 Å². The van der Waals surface area contributed by atoms with E-state index >= 15 is 0 Å². The average molecular weight is 333 g/mol. The molecule has 25 heavy (non-hydrogen) atoms. The molecule has 2 aromatic carbocycles. The lowest BCUT2D eigenvalue weighted by Gasteiger charge is -2.15. The predicted octanol–water partition coefficient (Wildman–Crippen LogP) is 3.56. The number of hydrogen-bond donors (Lipinski definition) is 0. The standard InChI is InChI=1S/C20H19N3O2/c1-14-7-9-16(10-8-14)19-21-20(25-22-19)17-11-18(24)23(13-17)12-15-5-3-2-4-6-15/h2-10,17H,11-13H2,1H3. The van der Waals surface area contributed by atoms with Crippen LogP contribution in [0, 0.1) is 6.92 Å². The Morgan fingerprint density at radius 3 is 2.64 bits per heavy atom. The molecule has 1 fully saturated rings. The number of rotatable bonds is 4. The van der Waals surface area contributed by atoms with E-state index in [1.165, 1.54) is 5.56 Å². The van der Waals surface area contributed by atoms with Crippen molar-refractivity contribution in [1.29, 1.82) is 0 Å². The summed E-state index contributed by atoms with van der Waals surface area (Å²) in [4.78, 5) is 18.7. The van der Waals surface area contributed by atoms with Crippen LogP contribution in [0.1, 0.15) is 29.4 Å². The van der Waals surface area contributed by atoms with Gasteiger partial charge in [-0.05, 0) is 12.5 Å². The topological polar surface area (TPSA) is 59.2 Å². The van der Waals surface area contributed by atoms with Crippen LogP contribution in [0.15, 0.2) is 59.1 Å². The number of likely N-dealkylation sites (tertiary alicyclic amines) is 1. The van der Waals surface area contributed by atoms with Gasteiger partial charge in [-0.15, -0.1) is 0 Å². The lowest BCUT2D eigenvalue weighted by molar-refractivity contribution is -0.128. The third-order valence-electron chi connectivity index (χ3n) is 4.53. The molecule has 5 heteroatoms. The van der Waals surface area contributed by atoms with Crippen LogP contribution in [0.2, 0.25) is 0 Å². The SMILES string of the molecule is Cc1ccc(-c2noc(C3CC(=O)N(Cc4ccccc4)C3)n2)cc1. The smallest absolute Gasteiger partial charge is 0.232 e. The highest BCUT2D eigenvalue weighted by atomic mass is 16.5. The van der Waals surface area contributed by atoms with Gasteiger partial charge in [-0.3, -0.25) is 4.79 Å². The minimum Gasteiger partial charge on any atom is -0.339 e. The second-order valence-electron chi connectivity index (χ2n) is 6.48. The van der Waals surface area contributed by atoms with Crippen LogP contribution in [-0.4, -0.2) is 27.5 Å². The molecule has 126 valence electrons. The summed E-state index contributed by atoms with van der Waals surface area (Å²) in [6.45, 7) is 3.27. The summed E-state index contributed by atoms with van der Waals surface area (Å²) >= 11 is 0. The minimum absolute atomic E-state index is 0.0390. The number of nitrogens with zero attached hydrogens (tertiary/aromatic N) is 3. The molecule has 0 bridgehead atoms. The van der Waals surface area contributed by atoms with Crippen molar-refractivity contribution >= 4 is 5.91 Å². The van der Waals surface area contributed by atoms with E-state index < -0.39 is 0 Å². The van der Waals surface area contributed by atoms with Crippen LogP contribution in [0.3, 0.4) is 0 Å². The van der Waals surface area contributed by atoms with E-state index in [0.717, 1.165) is 11.1 Å². The Morgan fingerprint density at radius 2 is 1.88 bits per heavy atom. The molecule has 2 heterocycles. The molecule has 4 rings (SSSR count). The molecule has 1 aliphatic heterocycles. The molecule has 1 aromatic heterocycles. The number of hydrogen-bond acceptors (Lipinski definition) is 4. The van der Waals surface area contributed by atoms with Crippen LogP contribution >= 0.6 is 0 Å². The fourth-order valence-electron chi connectivity index (χ4n) is 3.12. The van der Waals surface area contributed by atoms with Crippen LogP contribution in [0.4, 0.5) is 0 Å². The van der Waals surface area contributed by atoms with Crippen molar-refractivity contribution in [3.8, 4) is 11.4 Å². The van der Waals surface area contributed by atoms with Crippen molar-refractivity contribution in [2.45, 2.75) is 25.8 Å². The van der Waals surface area contributed by atoms with Crippen molar-refractivity contribution < 1.29 is 9.32 Å². The summed E-state index contributed by atoms with van der Waals surface area (Å²) in [6, 6.07) is 18.0. The van der Waals surface area contributed by atoms with E-state index in [-0.39, 0.29) is 11.8 Å². The summed E-state index contributed by atoms with van der Waals surface area (Å²) in [6.07, 6.45) is 0.419. The number of aryl methyl sites for hydroxylation is 1. The molecular formula is C20H19N3O2. The summed E-state index contributed by atoms with van der Waals surface area (Å²) in [5.41, 5.74) is 3.24. The summed E-state index contributed by atoms with van der Waals surface area (Å²) in [7, 11) is 0. The first-order valence-corrected chi connectivity index (χ1v) is 8.41. The maximum absolute atomic E-state index is 12.3. The zero-order chi connectivity index (χ0) is 17.2. The number of benzene rings is 2. The number of carbonyl (C=O) groups is 1. The zero-order valence-corrected chi connectivity index (χ0v) is 14.1. The summed E-state index contributed by atoms with van der Waals surface area (Å²) < 4.78 is 5.44. The average Bonchev–Trinajstić information content (AvgIpc) is 3.24. The molecule has 0 N–H and O–H groups in total. The zero-order valence-electron chi connectivity index (χ0n) is 14.1.